The smallest absolute Gasteiger partial charge is 0.310 e. The number of hydrogen-bond donors (Lipinski definition) is 0. The number of pyridine rings is 2. The van der Waals surface area contributed by atoms with Gasteiger partial charge in [0.25, 0.3) is 0 Å². The molecule has 3 heterocycles. The first-order valence-corrected chi connectivity index (χ1v) is 10.7. The van der Waals surface area contributed by atoms with Gasteiger partial charge < -0.3 is 9.64 Å². The predicted molar refractivity (Wildman–Crippen MR) is 117 cm³/mol. The van der Waals surface area contributed by atoms with E-state index >= 15 is 0 Å². The zero-order valence-corrected chi connectivity index (χ0v) is 18.7. The maximum atomic E-state index is 13.4. The number of aromatic nitrogens is 2. The minimum atomic E-state index is -0.516. The molecule has 0 N–H and O–H groups in total. The van der Waals surface area contributed by atoms with Crippen LogP contribution in [0.25, 0.3) is 11.1 Å². The summed E-state index contributed by atoms with van der Waals surface area (Å²) < 4.78 is 19.0. The fourth-order valence-electron chi connectivity index (χ4n) is 3.78. The minimum Gasteiger partial charge on any atom is -0.462 e. The van der Waals surface area contributed by atoms with Crippen LogP contribution in [0.1, 0.15) is 58.2 Å². The highest BCUT2D eigenvalue weighted by atomic mass is 19.1. The number of piperidine rings is 1. The molecule has 5 nitrogen and oxygen atoms in total. The Morgan fingerprint density at radius 1 is 1.23 bits per heavy atom. The normalized spacial score (nSPS) is 16.9. The second kappa shape index (κ2) is 9.11. The van der Waals surface area contributed by atoms with Gasteiger partial charge in [0.1, 0.15) is 0 Å². The molecule has 0 spiro atoms. The summed E-state index contributed by atoms with van der Waals surface area (Å²) in [4.78, 5) is 23.4. The van der Waals surface area contributed by atoms with E-state index in [9.17, 15) is 9.18 Å². The van der Waals surface area contributed by atoms with Crippen LogP contribution < -0.4 is 4.90 Å². The number of halogens is 1. The lowest BCUT2D eigenvalue weighted by Crippen LogP contribution is -2.38. The van der Waals surface area contributed by atoms with Crippen molar-refractivity contribution in [1.82, 2.24) is 9.97 Å². The first-order valence-electron chi connectivity index (χ1n) is 10.7. The van der Waals surface area contributed by atoms with E-state index in [1.165, 1.54) is 12.3 Å². The van der Waals surface area contributed by atoms with Gasteiger partial charge >= 0.3 is 5.97 Å². The van der Waals surface area contributed by atoms with Crippen molar-refractivity contribution in [2.45, 2.75) is 66.4 Å². The van der Waals surface area contributed by atoms with Gasteiger partial charge in [0, 0.05) is 47.9 Å². The summed E-state index contributed by atoms with van der Waals surface area (Å²) in [7, 11) is 0. The predicted octanol–water partition coefficient (Wildman–Crippen LogP) is 5.10. The molecule has 1 aliphatic rings. The third-order valence-corrected chi connectivity index (χ3v) is 6.07. The number of nitrogens with zero attached hydrogens (tertiary/aromatic N) is 3. The van der Waals surface area contributed by atoms with E-state index in [0.29, 0.717) is 5.41 Å². The van der Waals surface area contributed by atoms with E-state index in [4.69, 9.17) is 4.74 Å². The number of rotatable bonds is 6. The largest absolute Gasteiger partial charge is 0.462 e. The number of hydrogen-bond acceptors (Lipinski definition) is 5. The molecule has 30 heavy (non-hydrogen) atoms. The van der Waals surface area contributed by atoms with Crippen molar-refractivity contribution in [2.75, 3.05) is 18.0 Å². The maximum absolute atomic E-state index is 13.4. The first-order chi connectivity index (χ1) is 14.2. The number of carbonyl (C=O) groups excluding carboxylic acids is 1. The molecule has 0 bridgehead atoms. The number of carbonyl (C=O) groups is 1. The lowest BCUT2D eigenvalue weighted by atomic mass is 9.82. The van der Waals surface area contributed by atoms with E-state index in [1.54, 1.807) is 6.07 Å². The van der Waals surface area contributed by atoms with Gasteiger partial charge in [-0.25, -0.2) is 4.98 Å². The summed E-state index contributed by atoms with van der Waals surface area (Å²) >= 11 is 0. The molecule has 162 valence electrons. The van der Waals surface area contributed by atoms with E-state index in [0.717, 1.165) is 60.4 Å². The van der Waals surface area contributed by atoms with E-state index < -0.39 is 5.95 Å². The number of anilines is 1. The Bertz CT molecular complexity index is 886. The average molecular weight is 414 g/mol. The van der Waals surface area contributed by atoms with Crippen LogP contribution in [0.15, 0.2) is 24.5 Å². The van der Waals surface area contributed by atoms with Gasteiger partial charge in [-0.05, 0) is 50.7 Å². The molecule has 0 amide bonds. The van der Waals surface area contributed by atoms with Gasteiger partial charge in [0.2, 0.25) is 5.95 Å². The monoisotopic (exact) mass is 413 g/mol. The van der Waals surface area contributed by atoms with Crippen molar-refractivity contribution in [2.24, 2.45) is 5.41 Å². The summed E-state index contributed by atoms with van der Waals surface area (Å²) in [6.07, 6.45) is 6.29. The third kappa shape index (κ3) is 5.15. The fraction of sp³-hybridized carbons (Fsp3) is 0.542. The van der Waals surface area contributed by atoms with Crippen LogP contribution in [0.2, 0.25) is 0 Å². The molecule has 2 aromatic rings. The lowest BCUT2D eigenvalue weighted by molar-refractivity contribution is -0.147. The van der Waals surface area contributed by atoms with Crippen LogP contribution in [0.3, 0.4) is 0 Å². The molecule has 0 aliphatic carbocycles. The zero-order chi connectivity index (χ0) is 21.9. The van der Waals surface area contributed by atoms with Crippen LogP contribution in [-0.2, 0) is 16.0 Å². The molecule has 0 radical (unpaired) electrons. The summed E-state index contributed by atoms with van der Waals surface area (Å²) in [6, 6.07) is 3.07. The highest BCUT2D eigenvalue weighted by Crippen LogP contribution is 2.39. The molecule has 1 atom stereocenters. The molecule has 2 aromatic heterocycles. The molecule has 1 fully saturated rings. The Hall–Kier alpha value is -2.50. The average Bonchev–Trinajstić information content (AvgIpc) is 2.70. The van der Waals surface area contributed by atoms with Gasteiger partial charge in [-0.2, -0.15) is 4.39 Å². The van der Waals surface area contributed by atoms with Crippen LogP contribution in [0.4, 0.5) is 10.1 Å². The van der Waals surface area contributed by atoms with Crippen LogP contribution in [-0.4, -0.2) is 35.1 Å². The summed E-state index contributed by atoms with van der Waals surface area (Å²) in [5, 5.41) is 0. The van der Waals surface area contributed by atoms with Gasteiger partial charge in [-0.15, -0.1) is 0 Å². The second-order valence-corrected chi connectivity index (χ2v) is 8.99. The Balaban J connectivity index is 2.04. The number of aryl methyl sites for hydroxylation is 1. The maximum Gasteiger partial charge on any atom is 0.310 e. The van der Waals surface area contributed by atoms with E-state index in [2.05, 4.69) is 28.7 Å². The van der Waals surface area contributed by atoms with Crippen LogP contribution >= 0.6 is 0 Å². The molecule has 3 rings (SSSR count). The topological polar surface area (TPSA) is 55.3 Å². The third-order valence-electron chi connectivity index (χ3n) is 6.07. The molecular formula is C24H32FN3O2. The summed E-state index contributed by atoms with van der Waals surface area (Å²) in [5.41, 5.74) is 4.65. The highest BCUT2D eigenvalue weighted by molar-refractivity contribution is 5.84. The molecule has 1 saturated heterocycles. The highest BCUT2D eigenvalue weighted by Gasteiger charge is 2.29. The molecular weight excluding hydrogens is 381 g/mol. The second-order valence-electron chi connectivity index (χ2n) is 8.99. The Morgan fingerprint density at radius 2 is 1.93 bits per heavy atom. The molecule has 1 aliphatic heterocycles. The van der Waals surface area contributed by atoms with Gasteiger partial charge in [-0.1, -0.05) is 20.8 Å². The lowest BCUT2D eigenvalue weighted by Gasteiger charge is -2.40. The first kappa shape index (κ1) is 22.2. The Morgan fingerprint density at radius 3 is 2.53 bits per heavy atom. The minimum absolute atomic E-state index is 0.116. The molecule has 0 aromatic carbocycles. The zero-order valence-electron chi connectivity index (χ0n) is 18.7. The van der Waals surface area contributed by atoms with Crippen molar-refractivity contribution >= 4 is 11.7 Å². The van der Waals surface area contributed by atoms with Gasteiger partial charge in [0.05, 0.1) is 18.2 Å². The van der Waals surface area contributed by atoms with Crippen LogP contribution in [0, 0.1) is 18.3 Å². The summed E-state index contributed by atoms with van der Waals surface area (Å²) in [5.74, 6) is -0.764. The SMILES string of the molecule is CCC(C)OC(=O)Cc1c(C)ncc(-c2ccc(F)nc2)c1N1CCC(C)(C)CC1. The van der Waals surface area contributed by atoms with E-state index in [-0.39, 0.29) is 18.5 Å². The number of ether oxygens (including phenoxy) is 1. The standard InChI is InChI=1S/C24H32FN3O2/c1-6-16(2)30-22(29)13-19-17(3)26-15-20(18-7-8-21(25)27-14-18)23(19)28-11-9-24(4,5)10-12-28/h7-8,14-16H,6,9-13H2,1-5H3. The van der Waals surface area contributed by atoms with Crippen molar-refractivity contribution < 1.29 is 13.9 Å². The Labute approximate surface area is 178 Å². The Kier molecular flexibility index (Phi) is 6.74. The summed E-state index contributed by atoms with van der Waals surface area (Å²) in [6.45, 7) is 12.2. The quantitative estimate of drug-likeness (QED) is 0.487. The van der Waals surface area contributed by atoms with Crippen molar-refractivity contribution in [3.8, 4) is 11.1 Å². The number of esters is 1. The molecule has 6 heteroatoms. The van der Waals surface area contributed by atoms with Gasteiger partial charge in [-0.3, -0.25) is 9.78 Å². The molecule has 0 saturated carbocycles. The van der Waals surface area contributed by atoms with Crippen LogP contribution in [0.5, 0.6) is 0 Å². The molecule has 1 unspecified atom stereocenters. The van der Waals surface area contributed by atoms with Crippen molar-refractivity contribution in [3.05, 3.63) is 41.7 Å². The van der Waals surface area contributed by atoms with Gasteiger partial charge in [0.15, 0.2) is 0 Å². The van der Waals surface area contributed by atoms with E-state index in [1.807, 2.05) is 27.0 Å². The van der Waals surface area contributed by atoms with Crippen molar-refractivity contribution in [3.63, 3.8) is 0 Å². The van der Waals surface area contributed by atoms with Crippen molar-refractivity contribution in [1.29, 1.82) is 0 Å². The fourth-order valence-corrected chi connectivity index (χ4v) is 3.78.